The number of nitrogens with one attached hydrogen (secondary N) is 4. The Balaban J connectivity index is 1.04. The number of halogens is 2. The van der Waals surface area contributed by atoms with E-state index in [2.05, 4.69) is 71.6 Å². The third-order valence-electron chi connectivity index (χ3n) is 10.8. The number of aryl methyl sites for hydroxylation is 1. The molecule has 0 amide bonds. The molecule has 412 valence electrons. The highest BCUT2D eigenvalue weighted by atomic mass is 35.5. The van der Waals surface area contributed by atoms with E-state index in [1.165, 1.54) is 74.7 Å². The molecule has 2 unspecified atom stereocenters. The van der Waals surface area contributed by atoms with E-state index in [1.54, 1.807) is 6.92 Å². The van der Waals surface area contributed by atoms with E-state index in [1.807, 2.05) is 0 Å². The number of methoxy groups -OCH3 is 1. The zero-order chi connectivity index (χ0) is 57.4. The van der Waals surface area contributed by atoms with Crippen LogP contribution in [0, 0.1) is 13.0 Å². The average Bonchev–Trinajstić information content (AvgIpc) is 3.47. The van der Waals surface area contributed by atoms with Crippen LogP contribution in [0.25, 0.3) is 21.5 Å². The molecular weight excluding hydrogens is 1170 g/mol. The maximum atomic E-state index is 14.4. The summed E-state index contributed by atoms with van der Waals surface area (Å²) < 4.78 is 179. The third-order valence-corrected chi connectivity index (χ3v) is 15.2. The van der Waals surface area contributed by atoms with Crippen molar-refractivity contribution in [2.75, 3.05) is 34.9 Å². The first kappa shape index (κ1) is 57.2. The van der Waals surface area contributed by atoms with Crippen molar-refractivity contribution < 1.29 is 69.8 Å². The summed E-state index contributed by atoms with van der Waals surface area (Å²) in [5.74, 6) is -0.588. The molecule has 36 heteroatoms. The fourth-order valence-corrected chi connectivity index (χ4v) is 10.6. The molecule has 2 heterocycles. The molecule has 0 radical (unpaired) electrons. The molecule has 0 spiro atoms. The minimum atomic E-state index is -5.22. The van der Waals surface area contributed by atoms with E-state index in [0.29, 0.717) is 29.4 Å². The van der Waals surface area contributed by atoms with Crippen molar-refractivity contribution >= 4 is 143 Å². The van der Waals surface area contributed by atoms with Crippen molar-refractivity contribution in [2.45, 2.75) is 44.4 Å². The first-order valence-electron chi connectivity index (χ1n) is 21.7. The number of nitrogens with zero attached hydrogens (tertiary/aromatic N) is 10. The van der Waals surface area contributed by atoms with Crippen molar-refractivity contribution in [1.82, 2.24) is 29.9 Å². The lowest BCUT2D eigenvalue weighted by Crippen LogP contribution is -2.27. The van der Waals surface area contributed by atoms with Crippen LogP contribution in [0.4, 0.5) is 62.3 Å². The van der Waals surface area contributed by atoms with Gasteiger partial charge in [-0.15, -0.1) is 15.3 Å². The molecule has 0 saturated carbocycles. The summed E-state index contributed by atoms with van der Waals surface area (Å²) in [6.45, 7) is 3.26. The molecule has 0 aliphatic rings. The van der Waals surface area contributed by atoms with Gasteiger partial charge in [-0.3, -0.25) is 18.2 Å². The number of anilines is 6. The van der Waals surface area contributed by atoms with Crippen molar-refractivity contribution in [2.24, 2.45) is 20.5 Å². The number of azo groups is 2. The van der Waals surface area contributed by atoms with Gasteiger partial charge in [0.25, 0.3) is 40.5 Å². The average molecular weight is 1200 g/mol. The van der Waals surface area contributed by atoms with Gasteiger partial charge in [0.05, 0.1) is 34.0 Å². The lowest BCUT2D eigenvalue weighted by atomic mass is 10.1. The smallest absolute Gasteiger partial charge is 0.315 e. The molecule has 0 saturated heterocycles. The Bertz CT molecular complexity index is 4340. The predicted molar refractivity (Wildman–Crippen MR) is 281 cm³/mol. The Hall–Kier alpha value is -7.97. The molecule has 6 aromatic carbocycles. The van der Waals surface area contributed by atoms with E-state index < -0.39 is 99.7 Å². The summed E-state index contributed by atoms with van der Waals surface area (Å²) in [5, 5.41) is 27.0. The summed E-state index contributed by atoms with van der Waals surface area (Å²) in [6, 6.07) is 17.2. The monoisotopic (exact) mass is 1200 g/mol. The van der Waals surface area contributed by atoms with Gasteiger partial charge in [0.1, 0.15) is 31.8 Å². The molecule has 0 aliphatic carbocycles. The van der Waals surface area contributed by atoms with Gasteiger partial charge in [-0.25, -0.2) is 4.21 Å². The maximum Gasteiger partial charge on any atom is 0.315 e. The van der Waals surface area contributed by atoms with Crippen LogP contribution in [0.2, 0.25) is 5.28 Å². The van der Waals surface area contributed by atoms with E-state index >= 15 is 0 Å². The van der Waals surface area contributed by atoms with E-state index in [-0.39, 0.29) is 79.8 Å². The molecule has 29 nitrogen and oxygen atoms in total. The van der Waals surface area contributed by atoms with Crippen LogP contribution in [-0.4, -0.2) is 110 Å². The first-order chi connectivity index (χ1) is 37.0. The summed E-state index contributed by atoms with van der Waals surface area (Å²) >= 11 is 4.08. The van der Waals surface area contributed by atoms with Crippen LogP contribution < -0.4 is 26.0 Å². The van der Waals surface area contributed by atoms with Gasteiger partial charge < -0.3 is 30.6 Å². The molecule has 0 bridgehead atoms. The van der Waals surface area contributed by atoms with Crippen molar-refractivity contribution in [3.63, 3.8) is 0 Å². The van der Waals surface area contributed by atoms with Gasteiger partial charge in [-0.1, -0.05) is 12.1 Å². The molecular formula is C43H36ClFN14O15S5. The van der Waals surface area contributed by atoms with Gasteiger partial charge in [0.15, 0.2) is 11.1 Å². The molecule has 0 fully saturated rings. The number of aromatic nitrogens is 6. The van der Waals surface area contributed by atoms with Crippen LogP contribution in [0.1, 0.15) is 12.5 Å². The SMILES string of the molecule is COc1cc(N=Nc2cc3c(S(=O)(=O)O)cc(S(=O)(=O)O)cc3cc2S(=O)(=O)O)c(C)cc1N=Nc1ccc(Nc2nc(Cl)nc(NCC(C)Nc3nc(F)nc(Nc4ccc(S(=O)O)cc4)n3)n2)c2c(S(=O)(=O)O)cccc12. The maximum absolute atomic E-state index is 14.4. The Morgan fingerprint density at radius 3 is 1.92 bits per heavy atom. The second-order valence-corrected chi connectivity index (χ2v) is 23.2. The van der Waals surface area contributed by atoms with Gasteiger partial charge in [0.2, 0.25) is 29.1 Å². The molecule has 0 aliphatic heterocycles. The Morgan fingerprint density at radius 2 is 1.27 bits per heavy atom. The zero-order valence-electron chi connectivity index (χ0n) is 40.0. The summed E-state index contributed by atoms with van der Waals surface area (Å²) in [7, 11) is -19.2. The normalized spacial score (nSPS) is 13.2. The number of fused-ring (bicyclic) bond motifs is 2. The van der Waals surface area contributed by atoms with Gasteiger partial charge in [-0.05, 0) is 109 Å². The Labute approximate surface area is 453 Å². The fraction of sp³-hybridized carbons (Fsp3) is 0.116. The van der Waals surface area contributed by atoms with Crippen LogP contribution in [0.3, 0.4) is 0 Å². The molecule has 8 rings (SSSR count). The molecule has 2 atom stereocenters. The van der Waals surface area contributed by atoms with Crippen LogP contribution in [0.15, 0.2) is 136 Å². The summed E-state index contributed by atoms with van der Waals surface area (Å²) in [6.07, 6.45) is -1.11. The number of rotatable bonds is 19. The van der Waals surface area contributed by atoms with E-state index in [9.17, 15) is 65.0 Å². The van der Waals surface area contributed by atoms with Crippen molar-refractivity contribution in [3.05, 3.63) is 108 Å². The van der Waals surface area contributed by atoms with Crippen molar-refractivity contribution in [1.29, 1.82) is 0 Å². The molecule has 9 N–H and O–H groups in total. The van der Waals surface area contributed by atoms with E-state index in [4.69, 9.17) is 16.3 Å². The number of benzene rings is 6. The molecule has 79 heavy (non-hydrogen) atoms. The summed E-state index contributed by atoms with van der Waals surface area (Å²) in [4.78, 5) is 20.5. The fourth-order valence-electron chi connectivity index (χ4n) is 7.33. The second-order valence-electron chi connectivity index (χ2n) is 16.3. The lowest BCUT2D eigenvalue weighted by molar-refractivity contribution is 0.416. The second kappa shape index (κ2) is 22.4. The topological polar surface area (TPSA) is 439 Å². The van der Waals surface area contributed by atoms with Gasteiger partial charge in [0, 0.05) is 40.5 Å². The van der Waals surface area contributed by atoms with Gasteiger partial charge in [-0.2, -0.15) is 73.1 Å². The highest BCUT2D eigenvalue weighted by Crippen LogP contribution is 2.42. The molecule has 8 aromatic rings. The highest BCUT2D eigenvalue weighted by Gasteiger charge is 2.26. The quantitative estimate of drug-likeness (QED) is 0.0209. The molecule has 2 aromatic heterocycles. The number of hydrogen-bond acceptors (Lipinski definition) is 24. The number of ether oxygens (including phenoxy) is 1. The van der Waals surface area contributed by atoms with E-state index in [0.717, 1.165) is 12.1 Å². The Kier molecular flexibility index (Phi) is 16.2. The van der Waals surface area contributed by atoms with Crippen molar-refractivity contribution in [3.8, 4) is 5.75 Å². The number of hydrogen-bond donors (Lipinski definition) is 9. The first-order valence-corrected chi connectivity index (χ1v) is 29.0. The minimum absolute atomic E-state index is 0.000634. The standard InChI is InChI=1S/C43H36ClFN14O15S5/c1-20-13-31(33(74-3)18-30(20)57-59-32-17-27-22(15-36(32)79(71,72)73)14-25(76(62,63)64)16-35(27)78(68,69)70)58-56-28-11-12-29(37-26(28)5-4-6-34(37)77(65,66)67)49-43-51-38(44)50-40(54-43)46-19-21(2)47-41-52-39(45)53-42(55-41)48-23-7-9-24(10-8-23)75(60)61/h4-18,21H,19H2,1-3H3,(H,60,61)(H,62,63,64)(H,65,66,67)(H,68,69,70)(H,71,72,73)(H2,46,49,50,51,54)(H2,47,48,52,53,55). The predicted octanol–water partition coefficient (Wildman–Crippen LogP) is 8.27. The third kappa shape index (κ3) is 13.7. The highest BCUT2D eigenvalue weighted by molar-refractivity contribution is 7.87. The van der Waals surface area contributed by atoms with Gasteiger partial charge >= 0.3 is 6.08 Å². The lowest BCUT2D eigenvalue weighted by Gasteiger charge is -2.16. The van der Waals surface area contributed by atoms with Crippen LogP contribution >= 0.6 is 11.6 Å². The largest absolute Gasteiger partial charge is 0.494 e. The zero-order valence-corrected chi connectivity index (χ0v) is 44.9. The summed E-state index contributed by atoms with van der Waals surface area (Å²) in [5.41, 5.74) is 0.181. The van der Waals surface area contributed by atoms with Crippen LogP contribution in [0.5, 0.6) is 5.75 Å². The Morgan fingerprint density at radius 1 is 0.646 bits per heavy atom. The van der Waals surface area contributed by atoms with Crippen LogP contribution in [-0.2, 0) is 51.6 Å². The minimum Gasteiger partial charge on any atom is -0.494 e.